The third kappa shape index (κ3) is 2.87. The van der Waals surface area contributed by atoms with Crippen LogP contribution < -0.4 is 4.74 Å². The highest BCUT2D eigenvalue weighted by atomic mass is 35.5. The molecule has 2 aromatic rings. The number of carbonyl (C=O) groups is 1. The highest BCUT2D eigenvalue weighted by Gasteiger charge is 2.25. The second-order valence-corrected chi connectivity index (χ2v) is 5.00. The van der Waals surface area contributed by atoms with Gasteiger partial charge in [0.05, 0.1) is 17.7 Å². The minimum Gasteiger partial charge on any atom is -0.497 e. The van der Waals surface area contributed by atoms with E-state index in [0.717, 1.165) is 5.56 Å². The fourth-order valence-corrected chi connectivity index (χ4v) is 2.26. The van der Waals surface area contributed by atoms with Crippen molar-refractivity contribution in [3.05, 3.63) is 70.4 Å². The third-order valence-electron chi connectivity index (χ3n) is 3.12. The number of halogens is 1. The Morgan fingerprint density at radius 1 is 1.18 bits per heavy atom. The van der Waals surface area contributed by atoms with Crippen LogP contribution in [-0.2, 0) is 9.53 Å². The number of methoxy groups -OCH3 is 1. The molecular formula is C17H12ClNO3. The normalized spacial score (nSPS) is 15.6. The molecule has 0 saturated carbocycles. The minimum atomic E-state index is -0.502. The highest BCUT2D eigenvalue weighted by molar-refractivity contribution is 6.34. The Bertz CT molecular complexity index is 796. The summed E-state index contributed by atoms with van der Waals surface area (Å²) < 4.78 is 10.4. The van der Waals surface area contributed by atoms with Crippen molar-refractivity contribution in [2.75, 3.05) is 7.11 Å². The van der Waals surface area contributed by atoms with Crippen LogP contribution in [0.15, 0.2) is 59.2 Å². The molecule has 0 aromatic heterocycles. The molecule has 2 aromatic carbocycles. The molecule has 0 atom stereocenters. The zero-order valence-electron chi connectivity index (χ0n) is 11.7. The summed E-state index contributed by atoms with van der Waals surface area (Å²) in [4.78, 5) is 16.2. The summed E-state index contributed by atoms with van der Waals surface area (Å²) in [6.45, 7) is 0. The summed E-state index contributed by atoms with van der Waals surface area (Å²) in [7, 11) is 1.59. The van der Waals surface area contributed by atoms with Crippen LogP contribution in [0.1, 0.15) is 11.1 Å². The van der Waals surface area contributed by atoms with Crippen LogP contribution in [0.5, 0.6) is 5.75 Å². The Labute approximate surface area is 132 Å². The van der Waals surface area contributed by atoms with Gasteiger partial charge < -0.3 is 9.47 Å². The lowest BCUT2D eigenvalue weighted by molar-refractivity contribution is -0.129. The standard InChI is InChI=1S/C17H12ClNO3/c1-21-12-6-4-5-11(9-12)10-15-17(20)22-16(19-15)13-7-2-3-8-14(13)18/h2-10H,1H3/b15-10-. The third-order valence-corrected chi connectivity index (χ3v) is 3.45. The molecule has 0 N–H and O–H groups in total. The van der Waals surface area contributed by atoms with Gasteiger partial charge in [0, 0.05) is 0 Å². The monoisotopic (exact) mass is 313 g/mol. The molecule has 0 fully saturated rings. The van der Waals surface area contributed by atoms with E-state index in [1.54, 1.807) is 37.5 Å². The zero-order chi connectivity index (χ0) is 15.5. The molecule has 1 heterocycles. The van der Waals surface area contributed by atoms with Crippen molar-refractivity contribution < 1.29 is 14.3 Å². The molecule has 0 amide bonds. The lowest BCUT2D eigenvalue weighted by Crippen LogP contribution is -2.05. The van der Waals surface area contributed by atoms with E-state index in [2.05, 4.69) is 4.99 Å². The molecule has 0 spiro atoms. The number of ether oxygens (including phenoxy) is 2. The van der Waals surface area contributed by atoms with Crippen molar-refractivity contribution in [2.24, 2.45) is 4.99 Å². The van der Waals surface area contributed by atoms with Crippen molar-refractivity contribution in [1.29, 1.82) is 0 Å². The summed E-state index contributed by atoms with van der Waals surface area (Å²) >= 11 is 6.09. The van der Waals surface area contributed by atoms with Gasteiger partial charge in [-0.3, -0.25) is 0 Å². The van der Waals surface area contributed by atoms with Crippen molar-refractivity contribution in [1.82, 2.24) is 0 Å². The van der Waals surface area contributed by atoms with Crippen LogP contribution in [-0.4, -0.2) is 19.0 Å². The van der Waals surface area contributed by atoms with E-state index < -0.39 is 5.97 Å². The fourth-order valence-electron chi connectivity index (χ4n) is 2.05. The smallest absolute Gasteiger partial charge is 0.363 e. The maximum atomic E-state index is 11.9. The number of benzene rings is 2. The van der Waals surface area contributed by atoms with E-state index >= 15 is 0 Å². The van der Waals surface area contributed by atoms with E-state index in [1.165, 1.54) is 0 Å². The number of esters is 1. The Kier molecular flexibility index (Phi) is 3.94. The van der Waals surface area contributed by atoms with Gasteiger partial charge in [-0.25, -0.2) is 9.79 Å². The topological polar surface area (TPSA) is 47.9 Å². The Morgan fingerprint density at radius 2 is 2.00 bits per heavy atom. The van der Waals surface area contributed by atoms with Crippen molar-refractivity contribution in [3.8, 4) is 5.75 Å². The van der Waals surface area contributed by atoms with Crippen molar-refractivity contribution in [2.45, 2.75) is 0 Å². The SMILES string of the molecule is COc1cccc(/C=C2\N=C(c3ccccc3Cl)OC2=O)c1. The van der Waals surface area contributed by atoms with Crippen LogP contribution in [0, 0.1) is 0 Å². The summed E-state index contributed by atoms with van der Waals surface area (Å²) in [6.07, 6.45) is 1.65. The first kappa shape index (κ1) is 14.4. The number of hydrogen-bond acceptors (Lipinski definition) is 4. The zero-order valence-corrected chi connectivity index (χ0v) is 12.5. The predicted molar refractivity (Wildman–Crippen MR) is 85.1 cm³/mol. The molecule has 22 heavy (non-hydrogen) atoms. The van der Waals surface area contributed by atoms with Crippen LogP contribution in [0.25, 0.3) is 6.08 Å². The average molecular weight is 314 g/mol. The fraction of sp³-hybridized carbons (Fsp3) is 0.0588. The van der Waals surface area contributed by atoms with Crippen molar-refractivity contribution in [3.63, 3.8) is 0 Å². The van der Waals surface area contributed by atoms with Gasteiger partial charge in [-0.1, -0.05) is 35.9 Å². The van der Waals surface area contributed by atoms with Crippen LogP contribution in [0.4, 0.5) is 0 Å². The molecule has 3 rings (SSSR count). The minimum absolute atomic E-state index is 0.213. The summed E-state index contributed by atoms with van der Waals surface area (Å²) in [5.41, 5.74) is 1.62. The van der Waals surface area contributed by atoms with Gasteiger partial charge in [-0.15, -0.1) is 0 Å². The number of carbonyl (C=O) groups excluding carboxylic acids is 1. The average Bonchev–Trinajstić information content (AvgIpc) is 2.89. The second kappa shape index (κ2) is 6.03. The number of rotatable bonds is 3. The summed E-state index contributed by atoms with van der Waals surface area (Å²) in [6, 6.07) is 14.4. The molecule has 5 heteroatoms. The molecule has 0 saturated heterocycles. The van der Waals surface area contributed by atoms with Gasteiger partial charge >= 0.3 is 5.97 Å². The molecular weight excluding hydrogens is 302 g/mol. The Morgan fingerprint density at radius 3 is 2.77 bits per heavy atom. The van der Waals surface area contributed by atoms with Crippen LogP contribution >= 0.6 is 11.6 Å². The largest absolute Gasteiger partial charge is 0.497 e. The molecule has 4 nitrogen and oxygen atoms in total. The lowest BCUT2D eigenvalue weighted by atomic mass is 10.2. The van der Waals surface area contributed by atoms with E-state index in [1.807, 2.05) is 24.3 Å². The van der Waals surface area contributed by atoms with Crippen molar-refractivity contribution >= 4 is 29.5 Å². The molecule has 0 bridgehead atoms. The first-order valence-corrected chi connectivity index (χ1v) is 6.96. The van der Waals surface area contributed by atoms with Gasteiger partial charge in [0.1, 0.15) is 5.75 Å². The molecule has 0 aliphatic carbocycles. The first-order valence-electron chi connectivity index (χ1n) is 6.59. The van der Waals surface area contributed by atoms with E-state index in [-0.39, 0.29) is 11.6 Å². The highest BCUT2D eigenvalue weighted by Crippen LogP contribution is 2.24. The molecule has 0 radical (unpaired) electrons. The molecule has 0 unspecified atom stereocenters. The number of aliphatic imine (C=N–C) groups is 1. The number of cyclic esters (lactones) is 1. The number of hydrogen-bond donors (Lipinski definition) is 0. The number of nitrogens with zero attached hydrogens (tertiary/aromatic N) is 1. The van der Waals surface area contributed by atoms with Crippen LogP contribution in [0.3, 0.4) is 0 Å². The van der Waals surface area contributed by atoms with Gasteiger partial charge in [0.2, 0.25) is 5.90 Å². The van der Waals surface area contributed by atoms with Gasteiger partial charge in [0.15, 0.2) is 5.70 Å². The maximum Gasteiger partial charge on any atom is 0.363 e. The molecule has 1 aliphatic rings. The summed E-state index contributed by atoms with van der Waals surface area (Å²) in [5, 5.41) is 0.483. The maximum absolute atomic E-state index is 11.9. The lowest BCUT2D eigenvalue weighted by Gasteiger charge is -2.00. The predicted octanol–water partition coefficient (Wildman–Crippen LogP) is 3.69. The molecule has 1 aliphatic heterocycles. The van der Waals surface area contributed by atoms with Gasteiger partial charge in [-0.05, 0) is 35.9 Å². The molecule has 110 valence electrons. The summed E-state index contributed by atoms with van der Waals surface area (Å²) in [5.74, 6) is 0.415. The second-order valence-electron chi connectivity index (χ2n) is 4.59. The van der Waals surface area contributed by atoms with Crippen LogP contribution in [0.2, 0.25) is 5.02 Å². The quantitative estimate of drug-likeness (QED) is 0.641. The van der Waals surface area contributed by atoms with Gasteiger partial charge in [0.25, 0.3) is 0 Å². The van der Waals surface area contributed by atoms with E-state index in [4.69, 9.17) is 21.1 Å². The van der Waals surface area contributed by atoms with E-state index in [0.29, 0.717) is 16.3 Å². The Balaban J connectivity index is 1.96. The van der Waals surface area contributed by atoms with E-state index in [9.17, 15) is 4.79 Å². The van der Waals surface area contributed by atoms with Gasteiger partial charge in [-0.2, -0.15) is 0 Å². The Hall–Kier alpha value is -2.59. The first-order chi connectivity index (χ1) is 10.7.